The van der Waals surface area contributed by atoms with Crippen LogP contribution >= 0.6 is 0 Å². The molecule has 0 aromatic heterocycles. The number of hydrogen-bond acceptors (Lipinski definition) is 4. The van der Waals surface area contributed by atoms with E-state index in [9.17, 15) is 14.4 Å². The second kappa shape index (κ2) is 7.95. The van der Waals surface area contributed by atoms with Crippen LogP contribution in [0.4, 0.5) is 16.2 Å². The first kappa shape index (κ1) is 20.4. The van der Waals surface area contributed by atoms with E-state index in [1.165, 1.54) is 0 Å². The quantitative estimate of drug-likeness (QED) is 0.738. The summed E-state index contributed by atoms with van der Waals surface area (Å²) in [6.45, 7) is 3.40. The molecule has 0 unspecified atom stereocenters. The molecule has 1 fully saturated rings. The zero-order chi connectivity index (χ0) is 21.2. The van der Waals surface area contributed by atoms with Crippen molar-refractivity contribution in [3.05, 3.63) is 59.7 Å². The topological polar surface area (TPSA) is 81.8 Å². The van der Waals surface area contributed by atoms with Crippen molar-refractivity contribution in [1.82, 2.24) is 10.2 Å². The van der Waals surface area contributed by atoms with Crippen LogP contribution in [0.1, 0.15) is 24.5 Å². The molecular formula is C22H26N4O3. The van der Waals surface area contributed by atoms with E-state index in [2.05, 4.69) is 10.6 Å². The van der Waals surface area contributed by atoms with Gasteiger partial charge in [0.2, 0.25) is 5.91 Å². The average Bonchev–Trinajstić information content (AvgIpc) is 2.95. The van der Waals surface area contributed by atoms with E-state index in [1.54, 1.807) is 12.1 Å². The molecule has 3 rings (SSSR count). The maximum absolute atomic E-state index is 13.1. The Hall–Kier alpha value is -3.35. The van der Waals surface area contributed by atoms with Crippen LogP contribution in [0.2, 0.25) is 0 Å². The zero-order valence-electron chi connectivity index (χ0n) is 17.2. The minimum Gasteiger partial charge on any atom is -0.378 e. The normalized spacial score (nSPS) is 18.6. The van der Waals surface area contributed by atoms with E-state index in [0.717, 1.165) is 16.2 Å². The molecular weight excluding hydrogens is 368 g/mol. The maximum atomic E-state index is 13.1. The molecule has 2 aromatic rings. The lowest BCUT2D eigenvalue weighted by Crippen LogP contribution is -2.44. The summed E-state index contributed by atoms with van der Waals surface area (Å²) < 4.78 is 0. The van der Waals surface area contributed by atoms with Crippen molar-refractivity contribution < 1.29 is 14.4 Å². The molecule has 0 saturated carbocycles. The van der Waals surface area contributed by atoms with Crippen LogP contribution in [0.25, 0.3) is 0 Å². The largest absolute Gasteiger partial charge is 0.378 e. The Morgan fingerprint density at radius 1 is 1.14 bits per heavy atom. The fourth-order valence-electron chi connectivity index (χ4n) is 3.53. The van der Waals surface area contributed by atoms with E-state index >= 15 is 0 Å². The molecule has 0 radical (unpaired) electrons. The van der Waals surface area contributed by atoms with Gasteiger partial charge in [0.25, 0.3) is 5.91 Å². The van der Waals surface area contributed by atoms with E-state index in [1.807, 2.05) is 69.2 Å². The van der Waals surface area contributed by atoms with Crippen molar-refractivity contribution in [2.75, 3.05) is 30.9 Å². The molecule has 2 aromatic carbocycles. The van der Waals surface area contributed by atoms with Crippen LogP contribution in [0, 0.1) is 6.92 Å². The highest BCUT2D eigenvalue weighted by molar-refractivity contribution is 6.10. The molecule has 29 heavy (non-hydrogen) atoms. The van der Waals surface area contributed by atoms with Crippen LogP contribution in [0.3, 0.4) is 0 Å². The summed E-state index contributed by atoms with van der Waals surface area (Å²) >= 11 is 0. The summed E-state index contributed by atoms with van der Waals surface area (Å²) in [6, 6.07) is 14.2. The molecule has 1 saturated heterocycles. The highest BCUT2D eigenvalue weighted by Gasteiger charge is 2.51. The third-order valence-electron chi connectivity index (χ3n) is 5.27. The number of nitrogens with zero attached hydrogens (tertiary/aromatic N) is 2. The van der Waals surface area contributed by atoms with Crippen LogP contribution < -0.4 is 15.5 Å². The number of urea groups is 1. The lowest BCUT2D eigenvalue weighted by Gasteiger charge is -2.25. The van der Waals surface area contributed by atoms with Crippen LogP contribution in [0.5, 0.6) is 0 Å². The number of carbonyl (C=O) groups is 3. The fourth-order valence-corrected chi connectivity index (χ4v) is 3.53. The summed E-state index contributed by atoms with van der Waals surface area (Å²) in [5.74, 6) is -0.833. The van der Waals surface area contributed by atoms with Gasteiger partial charge in [-0.25, -0.2) is 4.79 Å². The SMILES string of the molecule is CC[C@@]1(c2ccccc2)NC(=O)N(CC(=O)Nc2ccc(N(C)C)cc2C)C1=O. The molecule has 1 heterocycles. The number of imide groups is 1. The number of hydrogen-bond donors (Lipinski definition) is 2. The van der Waals surface area contributed by atoms with Crippen LogP contribution in [0.15, 0.2) is 48.5 Å². The monoisotopic (exact) mass is 394 g/mol. The van der Waals surface area contributed by atoms with Crippen molar-refractivity contribution in [1.29, 1.82) is 0 Å². The van der Waals surface area contributed by atoms with Crippen molar-refractivity contribution in [3.8, 4) is 0 Å². The maximum Gasteiger partial charge on any atom is 0.325 e. The van der Waals surface area contributed by atoms with Gasteiger partial charge in [-0.15, -0.1) is 0 Å². The number of anilines is 2. The second-order valence-electron chi connectivity index (χ2n) is 7.39. The van der Waals surface area contributed by atoms with Gasteiger partial charge in [0.15, 0.2) is 0 Å². The number of aryl methyl sites for hydroxylation is 1. The standard InChI is InChI=1S/C22H26N4O3/c1-5-22(16-9-7-6-8-10-16)20(28)26(21(29)24-22)14-19(27)23-18-12-11-17(25(3)4)13-15(18)2/h6-13H,5,14H2,1-4H3,(H,23,27)(H,24,29)/t22-/m0/s1. The highest BCUT2D eigenvalue weighted by atomic mass is 16.2. The third kappa shape index (κ3) is 3.81. The number of amides is 4. The summed E-state index contributed by atoms with van der Waals surface area (Å²) in [6.07, 6.45) is 0.394. The Morgan fingerprint density at radius 3 is 2.41 bits per heavy atom. The number of nitrogens with one attached hydrogen (secondary N) is 2. The molecule has 0 bridgehead atoms. The first-order valence-corrected chi connectivity index (χ1v) is 9.56. The van der Waals surface area contributed by atoms with E-state index < -0.39 is 23.4 Å². The molecule has 1 aliphatic rings. The molecule has 1 aliphatic heterocycles. The molecule has 7 nitrogen and oxygen atoms in total. The minimum atomic E-state index is -1.14. The predicted molar refractivity (Wildman–Crippen MR) is 113 cm³/mol. The Balaban J connectivity index is 1.76. The van der Waals surface area contributed by atoms with Crippen LogP contribution in [-0.4, -0.2) is 43.4 Å². The van der Waals surface area contributed by atoms with Gasteiger partial charge in [-0.2, -0.15) is 0 Å². The minimum absolute atomic E-state index is 0.339. The van der Waals surface area contributed by atoms with Gasteiger partial charge >= 0.3 is 6.03 Å². The first-order valence-electron chi connectivity index (χ1n) is 9.56. The highest BCUT2D eigenvalue weighted by Crippen LogP contribution is 2.32. The second-order valence-corrected chi connectivity index (χ2v) is 7.39. The first-order chi connectivity index (χ1) is 13.8. The van der Waals surface area contributed by atoms with Gasteiger partial charge in [0, 0.05) is 25.5 Å². The molecule has 1 atom stereocenters. The molecule has 0 aliphatic carbocycles. The Labute approximate surface area is 170 Å². The summed E-state index contributed by atoms with van der Waals surface area (Å²) in [7, 11) is 3.88. The van der Waals surface area contributed by atoms with Crippen molar-refractivity contribution in [2.24, 2.45) is 0 Å². The molecule has 4 amide bonds. The summed E-state index contributed by atoms with van der Waals surface area (Å²) in [4.78, 5) is 41.1. The van der Waals surface area contributed by atoms with Crippen molar-refractivity contribution in [3.63, 3.8) is 0 Å². The van der Waals surface area contributed by atoms with Crippen LogP contribution in [-0.2, 0) is 15.1 Å². The van der Waals surface area contributed by atoms with Gasteiger partial charge in [-0.3, -0.25) is 14.5 Å². The fraction of sp³-hybridized carbons (Fsp3) is 0.318. The Bertz CT molecular complexity index is 942. The van der Waals surface area contributed by atoms with Gasteiger partial charge in [0.1, 0.15) is 12.1 Å². The van der Waals surface area contributed by atoms with Crippen molar-refractivity contribution >= 4 is 29.2 Å². The van der Waals surface area contributed by atoms with Gasteiger partial charge < -0.3 is 15.5 Å². The zero-order valence-corrected chi connectivity index (χ0v) is 17.2. The number of rotatable bonds is 6. The summed E-state index contributed by atoms with van der Waals surface area (Å²) in [5.41, 5.74) is 2.14. The smallest absolute Gasteiger partial charge is 0.325 e. The molecule has 152 valence electrons. The Kier molecular flexibility index (Phi) is 5.59. The van der Waals surface area contributed by atoms with Gasteiger partial charge in [-0.1, -0.05) is 37.3 Å². The third-order valence-corrected chi connectivity index (χ3v) is 5.27. The number of carbonyl (C=O) groups excluding carboxylic acids is 3. The van der Waals surface area contributed by atoms with Gasteiger partial charge in [0.05, 0.1) is 0 Å². The van der Waals surface area contributed by atoms with E-state index in [-0.39, 0.29) is 6.54 Å². The van der Waals surface area contributed by atoms with E-state index in [4.69, 9.17) is 0 Å². The average molecular weight is 394 g/mol. The predicted octanol–water partition coefficient (Wildman–Crippen LogP) is 2.86. The lowest BCUT2D eigenvalue weighted by molar-refractivity contribution is -0.134. The van der Waals surface area contributed by atoms with Gasteiger partial charge in [-0.05, 0) is 42.7 Å². The molecule has 7 heteroatoms. The number of benzene rings is 2. The van der Waals surface area contributed by atoms with Crippen molar-refractivity contribution in [2.45, 2.75) is 25.8 Å². The molecule has 2 N–H and O–H groups in total. The molecule has 0 spiro atoms. The summed E-state index contributed by atoms with van der Waals surface area (Å²) in [5, 5.41) is 5.58. The van der Waals surface area contributed by atoms with E-state index in [0.29, 0.717) is 17.7 Å². The lowest BCUT2D eigenvalue weighted by atomic mass is 9.87. The Morgan fingerprint density at radius 2 is 1.83 bits per heavy atom.